The summed E-state index contributed by atoms with van der Waals surface area (Å²) in [6, 6.07) is 5.18. The van der Waals surface area contributed by atoms with Crippen molar-refractivity contribution in [1.82, 2.24) is 14.5 Å². The predicted molar refractivity (Wildman–Crippen MR) is 92.1 cm³/mol. The van der Waals surface area contributed by atoms with Crippen molar-refractivity contribution in [2.24, 2.45) is 0 Å². The van der Waals surface area contributed by atoms with Crippen molar-refractivity contribution in [1.29, 1.82) is 0 Å². The van der Waals surface area contributed by atoms with Crippen LogP contribution < -0.4 is 0 Å². The third kappa shape index (κ3) is 3.24. The van der Waals surface area contributed by atoms with Gasteiger partial charge in [0.2, 0.25) is 0 Å². The van der Waals surface area contributed by atoms with E-state index in [1.165, 1.54) is 0 Å². The van der Waals surface area contributed by atoms with Crippen molar-refractivity contribution in [3.05, 3.63) is 51.5 Å². The molecule has 1 aliphatic heterocycles. The standard InChI is InChI=1S/C17H19Cl2N3O/c1-11(13-7-6-12(18)9-14(13)19)21(2)17(23)15-10-22-8-4-3-5-16(22)20-15/h6-7,9-11H,3-5,8H2,1-2H3/t11-/m1/s1. The summed E-state index contributed by atoms with van der Waals surface area (Å²) in [5.74, 6) is 0.913. The quantitative estimate of drug-likeness (QED) is 0.823. The number of hydrogen-bond acceptors (Lipinski definition) is 2. The topological polar surface area (TPSA) is 38.1 Å². The molecule has 0 N–H and O–H groups in total. The third-order valence-corrected chi connectivity index (χ3v) is 5.00. The summed E-state index contributed by atoms with van der Waals surface area (Å²) in [6.07, 6.45) is 5.08. The van der Waals surface area contributed by atoms with Crippen molar-refractivity contribution in [3.8, 4) is 0 Å². The van der Waals surface area contributed by atoms with Crippen molar-refractivity contribution in [3.63, 3.8) is 0 Å². The van der Waals surface area contributed by atoms with Crippen molar-refractivity contribution >= 4 is 29.1 Å². The molecule has 1 aromatic heterocycles. The molecule has 0 aliphatic carbocycles. The zero-order valence-electron chi connectivity index (χ0n) is 13.2. The maximum absolute atomic E-state index is 12.7. The van der Waals surface area contributed by atoms with E-state index in [-0.39, 0.29) is 11.9 Å². The van der Waals surface area contributed by atoms with Gasteiger partial charge in [-0.2, -0.15) is 0 Å². The number of hydrogen-bond donors (Lipinski definition) is 0. The number of halogens is 2. The van der Waals surface area contributed by atoms with Gasteiger partial charge >= 0.3 is 0 Å². The molecule has 23 heavy (non-hydrogen) atoms. The molecule has 2 heterocycles. The number of carbonyl (C=O) groups is 1. The molecule has 1 aromatic carbocycles. The lowest BCUT2D eigenvalue weighted by Crippen LogP contribution is -2.30. The Hall–Kier alpha value is -1.52. The van der Waals surface area contributed by atoms with Crippen molar-refractivity contribution in [2.45, 2.75) is 38.8 Å². The first-order chi connectivity index (χ1) is 11.0. The van der Waals surface area contributed by atoms with Gasteiger partial charge in [-0.1, -0.05) is 29.3 Å². The number of rotatable bonds is 3. The Bertz CT molecular complexity index is 718. The minimum atomic E-state index is -0.161. The Kier molecular flexibility index (Phi) is 4.64. The highest BCUT2D eigenvalue weighted by Crippen LogP contribution is 2.29. The maximum Gasteiger partial charge on any atom is 0.274 e. The highest BCUT2D eigenvalue weighted by molar-refractivity contribution is 6.35. The van der Waals surface area contributed by atoms with Gasteiger partial charge in [-0.3, -0.25) is 4.79 Å². The average Bonchev–Trinajstić information content (AvgIpc) is 2.97. The number of nitrogens with zero attached hydrogens (tertiary/aromatic N) is 3. The molecule has 1 atom stereocenters. The summed E-state index contributed by atoms with van der Waals surface area (Å²) in [5, 5.41) is 1.15. The first-order valence-corrected chi connectivity index (χ1v) is 8.51. The molecule has 0 radical (unpaired) electrons. The molecule has 4 nitrogen and oxygen atoms in total. The molecule has 0 bridgehead atoms. The first-order valence-electron chi connectivity index (χ1n) is 7.75. The molecule has 0 saturated heterocycles. The fourth-order valence-corrected chi connectivity index (χ4v) is 3.49. The first kappa shape index (κ1) is 16.3. The molecular weight excluding hydrogens is 333 g/mol. The molecule has 6 heteroatoms. The number of fused-ring (bicyclic) bond motifs is 1. The van der Waals surface area contributed by atoms with Gasteiger partial charge in [-0.15, -0.1) is 0 Å². The van der Waals surface area contributed by atoms with Crippen LogP contribution in [0, 0.1) is 0 Å². The van der Waals surface area contributed by atoms with Crippen LogP contribution >= 0.6 is 23.2 Å². The summed E-state index contributed by atoms with van der Waals surface area (Å²) in [5.41, 5.74) is 1.37. The van der Waals surface area contributed by atoms with E-state index in [0.29, 0.717) is 15.7 Å². The number of imidazole rings is 1. The second kappa shape index (κ2) is 6.54. The van der Waals surface area contributed by atoms with E-state index in [0.717, 1.165) is 37.2 Å². The molecule has 0 spiro atoms. The molecule has 0 fully saturated rings. The summed E-state index contributed by atoms with van der Waals surface area (Å²) in [4.78, 5) is 18.9. The van der Waals surface area contributed by atoms with Gasteiger partial charge in [-0.05, 0) is 37.5 Å². The van der Waals surface area contributed by atoms with Crippen LogP contribution in [0.5, 0.6) is 0 Å². The van der Waals surface area contributed by atoms with Crippen molar-refractivity contribution in [2.75, 3.05) is 7.05 Å². The second-order valence-corrected chi connectivity index (χ2v) is 6.79. The average molecular weight is 352 g/mol. The van der Waals surface area contributed by atoms with Crippen LogP contribution in [0.4, 0.5) is 0 Å². The SMILES string of the molecule is C[C@H](c1ccc(Cl)cc1Cl)N(C)C(=O)c1cn2c(n1)CCCC2. The zero-order valence-corrected chi connectivity index (χ0v) is 14.7. The number of aromatic nitrogens is 2. The predicted octanol–water partition coefficient (Wildman–Crippen LogP) is 4.36. The van der Waals surface area contributed by atoms with Crippen LogP contribution in [0.2, 0.25) is 10.0 Å². The van der Waals surface area contributed by atoms with E-state index in [1.807, 2.05) is 19.2 Å². The molecule has 1 aliphatic rings. The molecule has 2 aromatic rings. The van der Waals surface area contributed by atoms with Gasteiger partial charge in [0.05, 0.1) is 6.04 Å². The lowest BCUT2D eigenvalue weighted by molar-refractivity contribution is 0.0737. The van der Waals surface area contributed by atoms with E-state index < -0.39 is 0 Å². The minimum Gasteiger partial charge on any atom is -0.334 e. The van der Waals surface area contributed by atoms with Gasteiger partial charge in [0, 0.05) is 36.3 Å². The Morgan fingerprint density at radius 3 is 2.83 bits per heavy atom. The van der Waals surface area contributed by atoms with E-state index in [1.54, 1.807) is 24.1 Å². The molecule has 122 valence electrons. The molecule has 0 unspecified atom stereocenters. The minimum absolute atomic E-state index is 0.0922. The van der Waals surface area contributed by atoms with Crippen LogP contribution in [-0.2, 0) is 13.0 Å². The summed E-state index contributed by atoms with van der Waals surface area (Å²) < 4.78 is 2.09. The lowest BCUT2D eigenvalue weighted by atomic mass is 10.1. The zero-order chi connectivity index (χ0) is 16.6. The number of amides is 1. The Labute approximate surface area is 146 Å². The van der Waals surface area contributed by atoms with Crippen molar-refractivity contribution < 1.29 is 4.79 Å². The second-order valence-electron chi connectivity index (χ2n) is 5.95. The van der Waals surface area contributed by atoms with Crippen LogP contribution in [0.1, 0.15) is 47.7 Å². The van der Waals surface area contributed by atoms with Gasteiger partial charge in [-0.25, -0.2) is 4.98 Å². The number of aryl methyl sites for hydroxylation is 2. The van der Waals surface area contributed by atoms with Crippen LogP contribution in [0.15, 0.2) is 24.4 Å². The van der Waals surface area contributed by atoms with E-state index in [2.05, 4.69) is 9.55 Å². The van der Waals surface area contributed by atoms with Crippen LogP contribution in [0.3, 0.4) is 0 Å². The Morgan fingerprint density at radius 2 is 2.13 bits per heavy atom. The highest BCUT2D eigenvalue weighted by atomic mass is 35.5. The van der Waals surface area contributed by atoms with E-state index in [9.17, 15) is 4.79 Å². The number of benzene rings is 1. The largest absolute Gasteiger partial charge is 0.334 e. The lowest BCUT2D eigenvalue weighted by Gasteiger charge is -2.25. The summed E-state index contributed by atoms with van der Waals surface area (Å²) in [6.45, 7) is 2.89. The monoisotopic (exact) mass is 351 g/mol. The normalized spacial score (nSPS) is 15.1. The van der Waals surface area contributed by atoms with Gasteiger partial charge in [0.25, 0.3) is 5.91 Å². The fourth-order valence-electron chi connectivity index (χ4n) is 2.92. The van der Waals surface area contributed by atoms with Gasteiger partial charge < -0.3 is 9.47 Å². The highest BCUT2D eigenvalue weighted by Gasteiger charge is 2.24. The fraction of sp³-hybridized carbons (Fsp3) is 0.412. The molecule has 0 saturated carbocycles. The Balaban J connectivity index is 1.82. The Morgan fingerprint density at radius 1 is 1.35 bits per heavy atom. The molecule has 1 amide bonds. The molecular formula is C17H19Cl2N3O. The number of carbonyl (C=O) groups excluding carboxylic acids is 1. The smallest absolute Gasteiger partial charge is 0.274 e. The summed E-state index contributed by atoms with van der Waals surface area (Å²) >= 11 is 12.2. The van der Waals surface area contributed by atoms with E-state index >= 15 is 0 Å². The van der Waals surface area contributed by atoms with Crippen LogP contribution in [-0.4, -0.2) is 27.4 Å². The maximum atomic E-state index is 12.7. The van der Waals surface area contributed by atoms with Gasteiger partial charge in [0.15, 0.2) is 0 Å². The third-order valence-electron chi connectivity index (χ3n) is 4.44. The van der Waals surface area contributed by atoms with Gasteiger partial charge in [0.1, 0.15) is 11.5 Å². The summed E-state index contributed by atoms with van der Waals surface area (Å²) in [7, 11) is 1.77. The van der Waals surface area contributed by atoms with E-state index in [4.69, 9.17) is 23.2 Å². The molecule has 3 rings (SSSR count). The van der Waals surface area contributed by atoms with Crippen LogP contribution in [0.25, 0.3) is 0 Å².